The first-order valence-corrected chi connectivity index (χ1v) is 14.2. The van der Waals surface area contributed by atoms with Gasteiger partial charge in [0.15, 0.2) is 6.61 Å². The first-order chi connectivity index (χ1) is 18.9. The Labute approximate surface area is 241 Å². The van der Waals surface area contributed by atoms with Gasteiger partial charge in [0.25, 0.3) is 11.5 Å². The Morgan fingerprint density at radius 3 is 2.49 bits per heavy atom. The van der Waals surface area contributed by atoms with Gasteiger partial charge in [-0.25, -0.2) is 9.37 Å². The van der Waals surface area contributed by atoms with Crippen LogP contribution in [0.15, 0.2) is 79.5 Å². The van der Waals surface area contributed by atoms with Gasteiger partial charge in [-0.3, -0.25) is 9.59 Å². The number of hydrogen-bond donors (Lipinski definition) is 1. The summed E-state index contributed by atoms with van der Waals surface area (Å²) in [7, 11) is 0. The highest BCUT2D eigenvalue weighted by molar-refractivity contribution is 9.11. The van der Waals surface area contributed by atoms with E-state index in [9.17, 15) is 14.0 Å². The number of amides is 1. The summed E-state index contributed by atoms with van der Waals surface area (Å²) in [5.74, 6) is 0.550. The smallest absolute Gasteiger partial charge is 0.282 e. The maximum atomic E-state index is 13.4. The molecule has 0 unspecified atom stereocenters. The summed E-state index contributed by atoms with van der Waals surface area (Å²) in [4.78, 5) is 30.5. The lowest BCUT2D eigenvalue weighted by Gasteiger charge is -2.22. The van der Waals surface area contributed by atoms with Crippen LogP contribution in [-0.4, -0.2) is 28.4 Å². The first-order valence-electron chi connectivity index (χ1n) is 12.6. The fraction of sp³-hybridized carbons (Fsp3) is 0.241. The molecule has 0 saturated heterocycles. The summed E-state index contributed by atoms with van der Waals surface area (Å²) in [6.45, 7) is -0.245. The van der Waals surface area contributed by atoms with Gasteiger partial charge in [0.05, 0.1) is 26.1 Å². The van der Waals surface area contributed by atoms with E-state index in [0.717, 1.165) is 25.7 Å². The second-order valence-electron chi connectivity index (χ2n) is 9.34. The van der Waals surface area contributed by atoms with Crippen LogP contribution in [0, 0.1) is 5.82 Å². The fourth-order valence-electron chi connectivity index (χ4n) is 4.66. The second-order valence-corrected chi connectivity index (χ2v) is 11.0. The zero-order valence-electron chi connectivity index (χ0n) is 20.9. The average Bonchev–Trinajstić information content (AvgIpc) is 2.94. The number of carbonyl (C=O) groups excluding carboxylic acids is 1. The van der Waals surface area contributed by atoms with Gasteiger partial charge < -0.3 is 10.1 Å². The van der Waals surface area contributed by atoms with E-state index in [1.165, 1.54) is 35.4 Å². The number of benzene rings is 3. The van der Waals surface area contributed by atoms with Gasteiger partial charge in [-0.2, -0.15) is 9.78 Å². The minimum atomic E-state index is -0.385. The van der Waals surface area contributed by atoms with Crippen LogP contribution in [-0.2, 0) is 4.79 Å². The van der Waals surface area contributed by atoms with Crippen molar-refractivity contribution in [2.75, 3.05) is 11.9 Å². The lowest BCUT2D eigenvalue weighted by Crippen LogP contribution is -2.25. The fourth-order valence-corrected chi connectivity index (χ4v) is 6.11. The highest BCUT2D eigenvalue weighted by Gasteiger charge is 2.22. The minimum Gasteiger partial charge on any atom is -0.481 e. The van der Waals surface area contributed by atoms with Crippen molar-refractivity contribution < 1.29 is 13.9 Å². The summed E-state index contributed by atoms with van der Waals surface area (Å²) in [6.07, 6.45) is 7.00. The molecule has 39 heavy (non-hydrogen) atoms. The molecule has 3 aromatic carbocycles. The second kappa shape index (κ2) is 12.2. The number of anilines is 1. The van der Waals surface area contributed by atoms with Gasteiger partial charge in [0.1, 0.15) is 17.4 Å². The van der Waals surface area contributed by atoms with Crippen LogP contribution in [0.3, 0.4) is 0 Å². The normalized spacial score (nSPS) is 14.1. The van der Waals surface area contributed by atoms with E-state index >= 15 is 0 Å². The highest BCUT2D eigenvalue weighted by atomic mass is 79.9. The molecule has 1 heterocycles. The van der Waals surface area contributed by atoms with Crippen molar-refractivity contribution in [2.24, 2.45) is 5.10 Å². The maximum absolute atomic E-state index is 13.4. The zero-order chi connectivity index (χ0) is 27.4. The van der Waals surface area contributed by atoms with E-state index in [1.54, 1.807) is 24.4 Å². The van der Waals surface area contributed by atoms with Crippen LogP contribution in [0.25, 0.3) is 10.9 Å². The van der Waals surface area contributed by atoms with Crippen molar-refractivity contribution in [1.82, 2.24) is 9.66 Å². The number of rotatable bonds is 7. The van der Waals surface area contributed by atoms with Crippen molar-refractivity contribution >= 4 is 60.6 Å². The molecule has 1 aliphatic carbocycles. The molecule has 1 N–H and O–H groups in total. The van der Waals surface area contributed by atoms with Gasteiger partial charge in [0, 0.05) is 11.6 Å². The van der Waals surface area contributed by atoms with Crippen molar-refractivity contribution in [3.05, 3.63) is 97.2 Å². The van der Waals surface area contributed by atoms with Crippen LogP contribution in [0.4, 0.5) is 10.1 Å². The van der Waals surface area contributed by atoms with Crippen molar-refractivity contribution in [3.63, 3.8) is 0 Å². The number of ether oxygens (including phenoxy) is 1. The summed E-state index contributed by atoms with van der Waals surface area (Å²) in [6, 6.07) is 16.4. The van der Waals surface area contributed by atoms with Crippen LogP contribution >= 0.6 is 31.9 Å². The molecule has 5 rings (SSSR count). The molecular weight excluding hydrogens is 631 g/mol. The van der Waals surface area contributed by atoms with E-state index in [4.69, 9.17) is 9.72 Å². The minimum absolute atomic E-state index is 0.184. The van der Waals surface area contributed by atoms with Gasteiger partial charge in [-0.05, 0) is 98.8 Å². The number of nitrogens with one attached hydrogen (secondary N) is 1. The number of nitrogens with zero attached hydrogens (tertiary/aromatic N) is 3. The van der Waals surface area contributed by atoms with Gasteiger partial charge in [-0.15, -0.1) is 0 Å². The Kier molecular flexibility index (Phi) is 8.52. The monoisotopic (exact) mass is 654 g/mol. The van der Waals surface area contributed by atoms with Gasteiger partial charge in [-0.1, -0.05) is 31.4 Å². The molecular formula is C29H25Br2FN4O3. The van der Waals surface area contributed by atoms with E-state index < -0.39 is 0 Å². The van der Waals surface area contributed by atoms with Crippen molar-refractivity contribution in [3.8, 4) is 5.75 Å². The quantitative estimate of drug-likeness (QED) is 0.217. The summed E-state index contributed by atoms with van der Waals surface area (Å²) >= 11 is 7.00. The summed E-state index contributed by atoms with van der Waals surface area (Å²) < 4.78 is 21.4. The molecule has 1 amide bonds. The van der Waals surface area contributed by atoms with Crippen LogP contribution in [0.1, 0.15) is 49.4 Å². The number of hydrogen-bond acceptors (Lipinski definition) is 5. The number of carbonyl (C=O) groups is 1. The van der Waals surface area contributed by atoms with Gasteiger partial charge >= 0.3 is 0 Å². The third-order valence-corrected chi connectivity index (χ3v) is 7.75. The molecule has 1 fully saturated rings. The van der Waals surface area contributed by atoms with Crippen LogP contribution < -0.4 is 15.6 Å². The average molecular weight is 656 g/mol. The molecule has 1 aliphatic rings. The van der Waals surface area contributed by atoms with E-state index in [-0.39, 0.29) is 29.8 Å². The summed E-state index contributed by atoms with van der Waals surface area (Å²) in [5, 5.41) is 7.77. The molecule has 1 saturated carbocycles. The Morgan fingerprint density at radius 1 is 1.08 bits per heavy atom. The molecule has 0 aliphatic heterocycles. The zero-order valence-corrected chi connectivity index (χ0v) is 24.0. The standard InChI is InChI=1S/C29H25Br2FN4O3/c30-23-14-18(15-24(31)27(23)39-17-26(37)34-21-12-10-20(32)11-13-21)16-33-36-28(19-6-2-1-3-7-19)35-25-9-5-4-8-22(25)29(36)38/h4-5,8-16,19H,1-3,6-7,17H2,(H,34,37). The number of fused-ring (bicyclic) bond motifs is 1. The molecule has 0 atom stereocenters. The molecule has 0 spiro atoms. The number of halogens is 3. The SMILES string of the molecule is O=C(COc1c(Br)cc(C=Nn2c(C3CCCCC3)nc3ccccc3c2=O)cc1Br)Nc1ccc(F)cc1. The Bertz CT molecular complexity index is 1580. The molecule has 1 aromatic heterocycles. The Hall–Kier alpha value is -3.37. The predicted molar refractivity (Wildman–Crippen MR) is 157 cm³/mol. The van der Waals surface area contributed by atoms with E-state index in [2.05, 4.69) is 42.3 Å². The third kappa shape index (κ3) is 6.45. The lowest BCUT2D eigenvalue weighted by molar-refractivity contribution is -0.118. The lowest BCUT2D eigenvalue weighted by atomic mass is 9.88. The van der Waals surface area contributed by atoms with Crippen molar-refractivity contribution in [2.45, 2.75) is 38.0 Å². The number of aromatic nitrogens is 2. The first kappa shape index (κ1) is 27.2. The van der Waals surface area contributed by atoms with E-state index in [1.807, 2.05) is 18.2 Å². The Balaban J connectivity index is 1.37. The van der Waals surface area contributed by atoms with E-state index in [0.29, 0.717) is 42.7 Å². The van der Waals surface area contributed by atoms with Crippen LogP contribution in [0.5, 0.6) is 5.75 Å². The molecule has 0 bridgehead atoms. The highest BCUT2D eigenvalue weighted by Crippen LogP contribution is 2.35. The Morgan fingerprint density at radius 2 is 1.77 bits per heavy atom. The van der Waals surface area contributed by atoms with Gasteiger partial charge in [0.2, 0.25) is 0 Å². The third-order valence-electron chi connectivity index (χ3n) is 6.57. The van der Waals surface area contributed by atoms with Crippen molar-refractivity contribution in [1.29, 1.82) is 0 Å². The molecule has 4 aromatic rings. The molecule has 0 radical (unpaired) electrons. The molecule has 7 nitrogen and oxygen atoms in total. The van der Waals surface area contributed by atoms with Crippen LogP contribution in [0.2, 0.25) is 0 Å². The summed E-state index contributed by atoms with van der Waals surface area (Å²) in [5.41, 5.74) is 1.68. The largest absolute Gasteiger partial charge is 0.481 e. The molecule has 10 heteroatoms. The topological polar surface area (TPSA) is 85.6 Å². The number of para-hydroxylation sites is 1. The molecule has 200 valence electrons. The predicted octanol–water partition coefficient (Wildman–Crippen LogP) is 7.01. The maximum Gasteiger partial charge on any atom is 0.282 e.